The largest absolute Gasteiger partial charge is 0.369 e. The van der Waals surface area contributed by atoms with Gasteiger partial charge in [-0.1, -0.05) is 15.9 Å². The van der Waals surface area contributed by atoms with Gasteiger partial charge in [0, 0.05) is 16.4 Å². The van der Waals surface area contributed by atoms with Gasteiger partial charge in [-0.2, -0.15) is 0 Å². The van der Waals surface area contributed by atoms with E-state index < -0.39 is 11.6 Å². The number of benzene rings is 1. The zero-order chi connectivity index (χ0) is 12.6. The topological polar surface area (TPSA) is 24.4 Å². The minimum Gasteiger partial charge on any atom is -0.369 e. The molecule has 0 amide bonds. The molecule has 1 aromatic rings. The number of hydrogen-bond donors (Lipinski definition) is 1. The first-order valence-electron chi connectivity index (χ1n) is 5.38. The highest BCUT2D eigenvalue weighted by Gasteiger charge is 2.27. The highest BCUT2D eigenvalue weighted by Crippen LogP contribution is 2.28. The van der Waals surface area contributed by atoms with E-state index in [1.807, 2.05) is 13.8 Å². The first-order chi connectivity index (χ1) is 7.87. The molecule has 92 valence electrons. The molecule has 2 nitrogen and oxygen atoms in total. The fourth-order valence-electron chi connectivity index (χ4n) is 1.81. The molecule has 0 unspecified atom stereocenters. The van der Waals surface area contributed by atoms with E-state index in [9.17, 15) is 8.78 Å². The monoisotopic (exact) mass is 302 g/mol. The van der Waals surface area contributed by atoms with Crippen molar-refractivity contribution in [3.63, 3.8) is 0 Å². The Bertz CT molecular complexity index is 460. The van der Waals surface area contributed by atoms with Crippen LogP contribution in [0.2, 0.25) is 0 Å². The van der Waals surface area contributed by atoms with Crippen LogP contribution in [0.3, 0.4) is 0 Å². The molecule has 1 heterocycles. The lowest BCUT2D eigenvalue weighted by molar-refractivity contribution is 0.479. The number of nitrogens with one attached hydrogen (secondary N) is 1. The van der Waals surface area contributed by atoms with Crippen molar-refractivity contribution in [2.75, 3.05) is 0 Å². The van der Waals surface area contributed by atoms with E-state index in [0.29, 0.717) is 16.7 Å². The number of rotatable bonds is 1. The van der Waals surface area contributed by atoms with Crippen LogP contribution in [0.15, 0.2) is 21.6 Å². The van der Waals surface area contributed by atoms with E-state index >= 15 is 0 Å². The molecule has 5 heteroatoms. The lowest BCUT2D eigenvalue weighted by atomic mass is 10.0. The maximum Gasteiger partial charge on any atom is 0.153 e. The van der Waals surface area contributed by atoms with Crippen LogP contribution < -0.4 is 5.32 Å². The first-order valence-corrected chi connectivity index (χ1v) is 6.17. The van der Waals surface area contributed by atoms with Crippen LogP contribution >= 0.6 is 15.9 Å². The van der Waals surface area contributed by atoms with Crippen molar-refractivity contribution in [1.29, 1.82) is 0 Å². The molecule has 1 saturated heterocycles. The minimum atomic E-state index is -0.657. The summed E-state index contributed by atoms with van der Waals surface area (Å²) in [5.41, 5.74) is -0.283. The third-order valence-electron chi connectivity index (χ3n) is 2.70. The van der Waals surface area contributed by atoms with Crippen LogP contribution in [-0.4, -0.2) is 11.4 Å². The third-order valence-corrected chi connectivity index (χ3v) is 3.16. The Kier molecular flexibility index (Phi) is 3.21. The Hall–Kier alpha value is -0.970. The smallest absolute Gasteiger partial charge is 0.153 e. The molecule has 2 rings (SSSR count). The summed E-state index contributed by atoms with van der Waals surface area (Å²) in [6, 6.07) is 2.42. The minimum absolute atomic E-state index is 0.0544. The van der Waals surface area contributed by atoms with Crippen LogP contribution in [0.4, 0.5) is 14.5 Å². The van der Waals surface area contributed by atoms with E-state index in [4.69, 9.17) is 0 Å². The molecule has 17 heavy (non-hydrogen) atoms. The average molecular weight is 303 g/mol. The first kappa shape index (κ1) is 12.5. The summed E-state index contributed by atoms with van der Waals surface area (Å²) < 4.78 is 27.5. The normalized spacial score (nSPS) is 20.6. The van der Waals surface area contributed by atoms with Gasteiger partial charge in [0.1, 0.15) is 11.5 Å². The van der Waals surface area contributed by atoms with Crippen LogP contribution in [0.1, 0.15) is 26.7 Å². The highest BCUT2D eigenvalue weighted by molar-refractivity contribution is 9.10. The maximum absolute atomic E-state index is 13.6. The van der Waals surface area contributed by atoms with Gasteiger partial charge in [0.05, 0.1) is 0 Å². The SMILES string of the molecule is CC1(C)CC/C(=N/c2c(F)cc(Br)cc2F)N1. The fraction of sp³-hybridized carbons (Fsp3) is 0.417. The molecule has 1 aromatic carbocycles. The molecule has 0 aliphatic carbocycles. The number of halogens is 3. The summed E-state index contributed by atoms with van der Waals surface area (Å²) in [5, 5.41) is 3.15. The van der Waals surface area contributed by atoms with Crippen molar-refractivity contribution in [3.05, 3.63) is 28.2 Å². The number of hydrogen-bond acceptors (Lipinski definition) is 1. The molecular weight excluding hydrogens is 290 g/mol. The highest BCUT2D eigenvalue weighted by atomic mass is 79.9. The number of aliphatic imine (C=N–C) groups is 1. The summed E-state index contributed by atoms with van der Waals surface area (Å²) in [6.45, 7) is 4.06. The Labute approximate surface area is 107 Å². The molecule has 0 aromatic heterocycles. The van der Waals surface area contributed by atoms with E-state index in [0.717, 1.165) is 6.42 Å². The van der Waals surface area contributed by atoms with E-state index in [1.54, 1.807) is 0 Å². The van der Waals surface area contributed by atoms with Crippen LogP contribution in [0, 0.1) is 11.6 Å². The van der Waals surface area contributed by atoms with Gasteiger partial charge in [0.25, 0.3) is 0 Å². The summed E-state index contributed by atoms with van der Waals surface area (Å²) >= 11 is 3.03. The van der Waals surface area contributed by atoms with Gasteiger partial charge < -0.3 is 5.32 Å². The van der Waals surface area contributed by atoms with Crippen LogP contribution in [-0.2, 0) is 0 Å². The zero-order valence-electron chi connectivity index (χ0n) is 9.65. The maximum atomic E-state index is 13.6. The second-order valence-corrected chi connectivity index (χ2v) is 5.70. The Morgan fingerprint density at radius 1 is 1.29 bits per heavy atom. The molecule has 0 bridgehead atoms. The lowest BCUT2D eigenvalue weighted by Crippen LogP contribution is -2.34. The van der Waals surface area contributed by atoms with Crippen LogP contribution in [0.5, 0.6) is 0 Å². The molecule has 0 atom stereocenters. The molecular formula is C12H13BrF2N2. The predicted molar refractivity (Wildman–Crippen MR) is 67.6 cm³/mol. The Morgan fingerprint density at radius 3 is 2.35 bits per heavy atom. The molecule has 0 spiro atoms. The summed E-state index contributed by atoms with van der Waals surface area (Å²) in [7, 11) is 0. The zero-order valence-corrected chi connectivity index (χ0v) is 11.2. The van der Waals surface area contributed by atoms with Crippen molar-refractivity contribution in [1.82, 2.24) is 5.32 Å². The van der Waals surface area contributed by atoms with Crippen molar-refractivity contribution >= 4 is 27.5 Å². The summed E-state index contributed by atoms with van der Waals surface area (Å²) in [5.74, 6) is -0.679. The van der Waals surface area contributed by atoms with Crippen molar-refractivity contribution in [3.8, 4) is 0 Å². The van der Waals surface area contributed by atoms with Gasteiger partial charge in [-0.25, -0.2) is 13.8 Å². The van der Waals surface area contributed by atoms with E-state index in [2.05, 4.69) is 26.2 Å². The molecule has 1 aliphatic heterocycles. The third kappa shape index (κ3) is 2.83. The molecule has 0 saturated carbocycles. The predicted octanol–water partition coefficient (Wildman–Crippen LogP) is 3.92. The number of nitrogens with zero attached hydrogens (tertiary/aromatic N) is 1. The fourth-order valence-corrected chi connectivity index (χ4v) is 2.21. The van der Waals surface area contributed by atoms with Gasteiger partial charge >= 0.3 is 0 Å². The van der Waals surface area contributed by atoms with Crippen molar-refractivity contribution in [2.45, 2.75) is 32.2 Å². The molecule has 1 aliphatic rings. The number of amidine groups is 1. The van der Waals surface area contributed by atoms with Gasteiger partial charge in [-0.15, -0.1) is 0 Å². The van der Waals surface area contributed by atoms with Gasteiger partial charge in [0.2, 0.25) is 0 Å². The summed E-state index contributed by atoms with van der Waals surface area (Å²) in [6.07, 6.45) is 1.62. The standard InChI is InChI=1S/C12H13BrF2N2/c1-12(2)4-3-10(17-12)16-11-8(14)5-7(13)6-9(11)15/h5-6H,3-4H2,1-2H3,(H,16,17). The second kappa shape index (κ2) is 4.37. The van der Waals surface area contributed by atoms with Gasteiger partial charge in [-0.3, -0.25) is 0 Å². The Balaban J connectivity index is 2.34. The molecule has 1 N–H and O–H groups in total. The lowest BCUT2D eigenvalue weighted by Gasteiger charge is -2.17. The van der Waals surface area contributed by atoms with Gasteiger partial charge in [0.15, 0.2) is 11.6 Å². The van der Waals surface area contributed by atoms with Crippen molar-refractivity contribution < 1.29 is 8.78 Å². The van der Waals surface area contributed by atoms with E-state index in [-0.39, 0.29) is 11.2 Å². The average Bonchev–Trinajstić information content (AvgIpc) is 2.52. The van der Waals surface area contributed by atoms with Crippen molar-refractivity contribution in [2.24, 2.45) is 4.99 Å². The van der Waals surface area contributed by atoms with Crippen LogP contribution in [0.25, 0.3) is 0 Å². The summed E-state index contributed by atoms with van der Waals surface area (Å²) in [4.78, 5) is 4.03. The Morgan fingerprint density at radius 2 is 1.88 bits per heavy atom. The molecule has 0 radical (unpaired) electrons. The second-order valence-electron chi connectivity index (χ2n) is 4.79. The van der Waals surface area contributed by atoms with E-state index in [1.165, 1.54) is 12.1 Å². The molecule has 1 fully saturated rings. The van der Waals surface area contributed by atoms with Gasteiger partial charge in [-0.05, 0) is 32.4 Å². The quantitative estimate of drug-likeness (QED) is 0.835.